The minimum Gasteiger partial charge on any atom is -0.294 e. The van der Waals surface area contributed by atoms with Crippen LogP contribution < -0.4 is 0 Å². The van der Waals surface area contributed by atoms with E-state index < -0.39 is 0 Å². The Morgan fingerprint density at radius 1 is 0.750 bits per heavy atom. The van der Waals surface area contributed by atoms with Gasteiger partial charge in [-0.15, -0.1) is 0 Å². The molecule has 2 nitrogen and oxygen atoms in total. The second-order valence-electron chi connectivity index (χ2n) is 5.85. The number of aliphatic imine (C=N–C) groups is 1. The van der Waals surface area contributed by atoms with E-state index in [2.05, 4.69) is 71.8 Å². The van der Waals surface area contributed by atoms with E-state index in [4.69, 9.17) is 4.99 Å². The first-order valence-electron chi connectivity index (χ1n) is 8.04. The summed E-state index contributed by atoms with van der Waals surface area (Å²) in [4.78, 5) is 4.78. The van der Waals surface area contributed by atoms with Crippen molar-refractivity contribution in [1.29, 1.82) is 0 Å². The molecule has 0 atom stereocenters. The lowest BCUT2D eigenvalue weighted by molar-refractivity contribution is 1.18. The Balaban J connectivity index is 1.91. The van der Waals surface area contributed by atoms with Crippen molar-refractivity contribution >= 4 is 33.3 Å². The predicted octanol–water partition coefficient (Wildman–Crippen LogP) is 5.73. The van der Waals surface area contributed by atoms with Gasteiger partial charge < -0.3 is 0 Å². The van der Waals surface area contributed by atoms with E-state index in [0.717, 1.165) is 28.1 Å². The van der Waals surface area contributed by atoms with Crippen LogP contribution in [0.4, 0.5) is 0 Å². The number of rotatable bonds is 3. The van der Waals surface area contributed by atoms with Crippen LogP contribution in [0.15, 0.2) is 90.4 Å². The van der Waals surface area contributed by atoms with Crippen LogP contribution in [0.3, 0.4) is 0 Å². The van der Waals surface area contributed by atoms with Gasteiger partial charge in [-0.05, 0) is 24.6 Å². The summed E-state index contributed by atoms with van der Waals surface area (Å²) in [7, 11) is 0. The minimum atomic E-state index is 0.730. The Hall–Kier alpha value is -3.13. The molecule has 4 rings (SSSR count). The highest BCUT2D eigenvalue weighted by Gasteiger charge is 2.11. The maximum Gasteiger partial charge on any atom is 0.130 e. The highest BCUT2D eigenvalue weighted by atomic mass is 15.1. The molecule has 24 heavy (non-hydrogen) atoms. The lowest BCUT2D eigenvalue weighted by Crippen LogP contribution is -1.99. The maximum atomic E-state index is 4.78. The van der Waals surface area contributed by atoms with Crippen LogP contribution in [-0.2, 0) is 0 Å². The zero-order valence-corrected chi connectivity index (χ0v) is 13.6. The number of aromatic nitrogens is 1. The van der Waals surface area contributed by atoms with Gasteiger partial charge in [0.2, 0.25) is 0 Å². The molecule has 0 spiro atoms. The summed E-state index contributed by atoms with van der Waals surface area (Å²) in [5, 5.41) is 2.45. The SMILES string of the molecule is C=C(/N=C(\C)c1ccccc1)n1c2ccccc2c2ccccc21. The van der Waals surface area contributed by atoms with E-state index >= 15 is 0 Å². The van der Waals surface area contributed by atoms with E-state index in [1.165, 1.54) is 10.8 Å². The van der Waals surface area contributed by atoms with Crippen LogP contribution in [0, 0.1) is 0 Å². The zero-order valence-electron chi connectivity index (χ0n) is 13.6. The molecule has 4 aromatic rings. The Morgan fingerprint density at radius 2 is 1.25 bits per heavy atom. The van der Waals surface area contributed by atoms with Crippen LogP contribution in [-0.4, -0.2) is 10.3 Å². The Bertz CT molecular complexity index is 1020. The molecule has 0 aliphatic heterocycles. The second kappa shape index (κ2) is 5.82. The number of hydrogen-bond donors (Lipinski definition) is 0. The summed E-state index contributed by atoms with van der Waals surface area (Å²) in [6.07, 6.45) is 0. The van der Waals surface area contributed by atoms with Gasteiger partial charge in [0, 0.05) is 16.5 Å². The Labute approximate surface area is 141 Å². The quantitative estimate of drug-likeness (QED) is 0.430. The van der Waals surface area contributed by atoms with Gasteiger partial charge in [0.25, 0.3) is 0 Å². The molecule has 0 radical (unpaired) electrons. The molecule has 0 fully saturated rings. The molecule has 0 unspecified atom stereocenters. The number of benzene rings is 3. The molecule has 3 aromatic carbocycles. The van der Waals surface area contributed by atoms with Crippen LogP contribution in [0.1, 0.15) is 12.5 Å². The van der Waals surface area contributed by atoms with Crippen molar-refractivity contribution in [1.82, 2.24) is 4.57 Å². The fourth-order valence-corrected chi connectivity index (χ4v) is 3.19. The van der Waals surface area contributed by atoms with E-state index in [0.29, 0.717) is 0 Å². The molecule has 0 saturated heterocycles. The van der Waals surface area contributed by atoms with Gasteiger partial charge in [-0.3, -0.25) is 4.57 Å². The van der Waals surface area contributed by atoms with Gasteiger partial charge in [-0.1, -0.05) is 73.3 Å². The van der Waals surface area contributed by atoms with Crippen LogP contribution in [0.25, 0.3) is 27.6 Å². The molecule has 0 amide bonds. The molecule has 2 heteroatoms. The molecule has 1 aromatic heterocycles. The highest BCUT2D eigenvalue weighted by molar-refractivity contribution is 6.10. The lowest BCUT2D eigenvalue weighted by Gasteiger charge is -2.08. The van der Waals surface area contributed by atoms with E-state index in [1.54, 1.807) is 0 Å². The normalized spacial score (nSPS) is 12.0. The fourth-order valence-electron chi connectivity index (χ4n) is 3.19. The summed E-state index contributed by atoms with van der Waals surface area (Å²) in [5.41, 5.74) is 4.34. The summed E-state index contributed by atoms with van der Waals surface area (Å²) >= 11 is 0. The smallest absolute Gasteiger partial charge is 0.130 e. The predicted molar refractivity (Wildman–Crippen MR) is 103 cm³/mol. The average molecular weight is 310 g/mol. The van der Waals surface area contributed by atoms with Crippen molar-refractivity contribution < 1.29 is 0 Å². The first-order valence-corrected chi connectivity index (χ1v) is 8.04. The molecule has 0 aliphatic carbocycles. The molecule has 0 saturated carbocycles. The van der Waals surface area contributed by atoms with Crippen molar-refractivity contribution in [2.75, 3.05) is 0 Å². The first-order chi connectivity index (χ1) is 11.8. The molecule has 0 N–H and O–H groups in total. The Morgan fingerprint density at radius 3 is 1.83 bits per heavy atom. The van der Waals surface area contributed by atoms with E-state index in [9.17, 15) is 0 Å². The lowest BCUT2D eigenvalue weighted by atomic mass is 10.1. The minimum absolute atomic E-state index is 0.730. The molecule has 1 heterocycles. The van der Waals surface area contributed by atoms with Crippen molar-refractivity contribution in [2.45, 2.75) is 6.92 Å². The third kappa shape index (κ3) is 2.33. The highest BCUT2D eigenvalue weighted by Crippen LogP contribution is 2.31. The van der Waals surface area contributed by atoms with Gasteiger partial charge in [0.05, 0.1) is 11.0 Å². The number of para-hydroxylation sites is 2. The largest absolute Gasteiger partial charge is 0.294 e. The van der Waals surface area contributed by atoms with Crippen LogP contribution in [0.2, 0.25) is 0 Å². The number of fused-ring (bicyclic) bond motifs is 3. The molecule has 0 aliphatic rings. The molecular weight excluding hydrogens is 292 g/mol. The summed E-state index contributed by atoms with van der Waals surface area (Å²) < 4.78 is 2.14. The molecule has 0 bridgehead atoms. The zero-order chi connectivity index (χ0) is 16.5. The van der Waals surface area contributed by atoms with Crippen molar-refractivity contribution in [2.24, 2.45) is 4.99 Å². The Kier molecular flexibility index (Phi) is 3.51. The topological polar surface area (TPSA) is 17.3 Å². The van der Waals surface area contributed by atoms with Gasteiger partial charge in [0.1, 0.15) is 5.82 Å². The van der Waals surface area contributed by atoms with Crippen molar-refractivity contribution in [3.05, 3.63) is 91.0 Å². The maximum absolute atomic E-state index is 4.78. The fraction of sp³-hybridized carbons (Fsp3) is 0.0455. The summed E-state index contributed by atoms with van der Waals surface area (Å²) in [6.45, 7) is 6.26. The number of nitrogens with zero attached hydrogens (tertiary/aromatic N) is 2. The molecule has 116 valence electrons. The van der Waals surface area contributed by atoms with Gasteiger partial charge >= 0.3 is 0 Å². The summed E-state index contributed by atoms with van der Waals surface area (Å²) in [6, 6.07) is 27.0. The standard InChI is InChI=1S/C22H18N2/c1-16(18-10-4-3-5-11-18)23-17(2)24-21-14-8-6-12-19(21)20-13-7-9-15-22(20)24/h3-15H,2H2,1H3/b23-16+. The van der Waals surface area contributed by atoms with Gasteiger partial charge in [-0.2, -0.15) is 0 Å². The van der Waals surface area contributed by atoms with Gasteiger partial charge in [0.15, 0.2) is 0 Å². The van der Waals surface area contributed by atoms with Crippen molar-refractivity contribution in [3.63, 3.8) is 0 Å². The van der Waals surface area contributed by atoms with Crippen LogP contribution in [0.5, 0.6) is 0 Å². The number of hydrogen-bond acceptors (Lipinski definition) is 1. The monoisotopic (exact) mass is 310 g/mol. The summed E-state index contributed by atoms with van der Waals surface area (Å²) in [5.74, 6) is 0.730. The van der Waals surface area contributed by atoms with E-state index in [1.807, 2.05) is 25.1 Å². The first kappa shape index (κ1) is 14.5. The second-order valence-corrected chi connectivity index (χ2v) is 5.85. The third-order valence-corrected chi connectivity index (χ3v) is 4.33. The molecular formula is C22H18N2. The van der Waals surface area contributed by atoms with E-state index in [-0.39, 0.29) is 0 Å². The average Bonchev–Trinajstić information content (AvgIpc) is 2.97. The van der Waals surface area contributed by atoms with Crippen LogP contribution >= 0.6 is 0 Å². The third-order valence-electron chi connectivity index (χ3n) is 4.33. The van der Waals surface area contributed by atoms with Crippen molar-refractivity contribution in [3.8, 4) is 0 Å². The van der Waals surface area contributed by atoms with Gasteiger partial charge in [-0.25, -0.2) is 4.99 Å².